The minimum atomic E-state index is -1.75. The molecule has 3 N–H and O–H groups in total. The summed E-state index contributed by atoms with van der Waals surface area (Å²) in [6.45, 7) is 1.92. The first-order valence-electron chi connectivity index (χ1n) is 9.08. The minimum absolute atomic E-state index is 0.0892. The molecule has 1 aliphatic rings. The molecule has 1 aliphatic heterocycles. The number of hydrogen-bond donors (Lipinski definition) is 2. The summed E-state index contributed by atoms with van der Waals surface area (Å²) in [6.07, 6.45) is -0.286. The molecule has 2 aromatic rings. The molecule has 0 radical (unpaired) electrons. The zero-order valence-corrected chi connectivity index (χ0v) is 15.5. The number of fused-ring (bicyclic) bond motifs is 1. The number of anilines is 1. The number of rotatable bonds is 5. The summed E-state index contributed by atoms with van der Waals surface area (Å²) < 4.78 is 43.6. The summed E-state index contributed by atoms with van der Waals surface area (Å²) in [4.78, 5) is 12.4. The Balaban J connectivity index is 1.91. The number of urea groups is 1. The number of nitrogens with zero attached hydrogens (tertiary/aromatic N) is 2. The topological polar surface area (TPSA) is 69.8 Å². The van der Waals surface area contributed by atoms with E-state index >= 15 is 4.39 Å². The molecule has 5 nitrogen and oxygen atoms in total. The molecule has 0 fully saturated rings. The Bertz CT molecular complexity index is 891. The van der Waals surface area contributed by atoms with Gasteiger partial charge in [-0.3, -0.25) is 5.21 Å². The van der Waals surface area contributed by atoms with Gasteiger partial charge in [0.15, 0.2) is 0 Å². The molecule has 1 atom stereocenters. The molecule has 0 saturated carbocycles. The van der Waals surface area contributed by atoms with Gasteiger partial charge in [-0.15, -0.1) is 0 Å². The van der Waals surface area contributed by atoms with E-state index in [0.717, 1.165) is 17.7 Å². The highest BCUT2D eigenvalue weighted by Gasteiger charge is 2.29. The van der Waals surface area contributed by atoms with Gasteiger partial charge >= 0.3 is 6.03 Å². The number of aryl methyl sites for hydroxylation is 1. The summed E-state index contributed by atoms with van der Waals surface area (Å²) in [7, 11) is 0. The maximum Gasteiger partial charge on any atom is 0.338 e. The number of amides is 2. The molecule has 1 heterocycles. The van der Waals surface area contributed by atoms with E-state index in [-0.39, 0.29) is 24.1 Å². The summed E-state index contributed by atoms with van der Waals surface area (Å²) in [5.74, 6) is -1.53. The highest BCUT2D eigenvalue weighted by Crippen LogP contribution is 2.37. The monoisotopic (exact) mass is 393 g/mol. The van der Waals surface area contributed by atoms with Gasteiger partial charge in [-0.25, -0.2) is 23.0 Å². The number of alkyl halides is 1. The molecule has 1 unspecified atom stereocenters. The molecule has 0 saturated heterocycles. The van der Waals surface area contributed by atoms with Crippen LogP contribution in [0.1, 0.15) is 41.9 Å². The highest BCUT2D eigenvalue weighted by atomic mass is 19.1. The van der Waals surface area contributed by atoms with Crippen molar-refractivity contribution < 1.29 is 23.2 Å². The van der Waals surface area contributed by atoms with Gasteiger partial charge in [0.25, 0.3) is 0 Å². The standard InChI is InChI=1S/C20H22F3N3O2/c1-2-14-16(21)7-6-15(18(14)22)19(23)25-9-3-4-13-10-12(5-8-17(13)25)11-26(28)20(24)27/h5-8,10,19,28H,2-4,9,11H2,1H3,(H2,24,27). The molecule has 2 amide bonds. The summed E-state index contributed by atoms with van der Waals surface area (Å²) in [5, 5.41) is 9.88. The Labute approximate surface area is 161 Å². The molecule has 0 spiro atoms. The Hall–Kier alpha value is -2.74. The van der Waals surface area contributed by atoms with Crippen LogP contribution in [0, 0.1) is 11.6 Å². The molecule has 28 heavy (non-hydrogen) atoms. The number of primary amides is 1. The zero-order valence-electron chi connectivity index (χ0n) is 15.5. The van der Waals surface area contributed by atoms with Crippen LogP contribution in [0.15, 0.2) is 30.3 Å². The summed E-state index contributed by atoms with van der Waals surface area (Å²) >= 11 is 0. The van der Waals surface area contributed by atoms with Crippen molar-refractivity contribution in [3.05, 3.63) is 64.2 Å². The second-order valence-electron chi connectivity index (χ2n) is 6.77. The molecule has 150 valence electrons. The third-order valence-electron chi connectivity index (χ3n) is 4.98. The van der Waals surface area contributed by atoms with Crippen molar-refractivity contribution in [1.82, 2.24) is 5.06 Å². The Morgan fingerprint density at radius 1 is 1.32 bits per heavy atom. The van der Waals surface area contributed by atoms with Crippen LogP contribution in [0.3, 0.4) is 0 Å². The number of carbonyl (C=O) groups is 1. The number of benzene rings is 2. The second kappa shape index (κ2) is 8.10. The van der Waals surface area contributed by atoms with Gasteiger partial charge in [0, 0.05) is 23.4 Å². The molecule has 2 aromatic carbocycles. The van der Waals surface area contributed by atoms with Crippen molar-refractivity contribution in [2.45, 2.75) is 39.0 Å². The van der Waals surface area contributed by atoms with Crippen molar-refractivity contribution in [3.8, 4) is 0 Å². The fourth-order valence-corrected chi connectivity index (χ4v) is 3.56. The maximum absolute atomic E-state index is 15.3. The number of hydroxylamine groups is 2. The first-order chi connectivity index (χ1) is 13.3. The molecule has 0 aliphatic carbocycles. The first kappa shape index (κ1) is 20.0. The Kier molecular flexibility index (Phi) is 5.79. The van der Waals surface area contributed by atoms with Crippen molar-refractivity contribution in [2.24, 2.45) is 5.73 Å². The normalized spacial score (nSPS) is 14.5. The third kappa shape index (κ3) is 3.77. The fraction of sp³-hybridized carbons (Fsp3) is 0.350. The fourth-order valence-electron chi connectivity index (χ4n) is 3.56. The lowest BCUT2D eigenvalue weighted by molar-refractivity contribution is -0.0470. The lowest BCUT2D eigenvalue weighted by Gasteiger charge is -2.34. The second-order valence-corrected chi connectivity index (χ2v) is 6.77. The van der Waals surface area contributed by atoms with Gasteiger partial charge in [-0.2, -0.15) is 0 Å². The van der Waals surface area contributed by atoms with Crippen molar-refractivity contribution in [1.29, 1.82) is 0 Å². The predicted octanol–water partition coefficient (Wildman–Crippen LogP) is 4.22. The van der Waals surface area contributed by atoms with Gasteiger partial charge in [-0.05, 0) is 48.6 Å². The largest absolute Gasteiger partial charge is 0.350 e. The molecular weight excluding hydrogens is 371 g/mol. The number of carbonyl (C=O) groups excluding carboxylic acids is 1. The van der Waals surface area contributed by atoms with Crippen LogP contribution < -0.4 is 10.6 Å². The van der Waals surface area contributed by atoms with Gasteiger partial charge in [0.2, 0.25) is 6.30 Å². The lowest BCUT2D eigenvalue weighted by atomic mass is 9.97. The Morgan fingerprint density at radius 2 is 2.07 bits per heavy atom. The molecule has 8 heteroatoms. The van der Waals surface area contributed by atoms with Crippen molar-refractivity contribution in [2.75, 3.05) is 11.4 Å². The van der Waals surface area contributed by atoms with E-state index in [4.69, 9.17) is 5.73 Å². The van der Waals surface area contributed by atoms with Crippen LogP contribution >= 0.6 is 0 Å². The van der Waals surface area contributed by atoms with Crippen LogP contribution in [-0.4, -0.2) is 22.8 Å². The van der Waals surface area contributed by atoms with Crippen molar-refractivity contribution >= 4 is 11.7 Å². The van der Waals surface area contributed by atoms with Gasteiger partial charge in [-0.1, -0.05) is 19.1 Å². The van der Waals surface area contributed by atoms with E-state index in [1.165, 1.54) is 4.90 Å². The third-order valence-corrected chi connectivity index (χ3v) is 4.98. The van der Waals surface area contributed by atoms with Crippen LogP contribution in [0.2, 0.25) is 0 Å². The SMILES string of the molecule is CCc1c(F)ccc(C(F)N2CCCc3cc(CN(O)C(N)=O)ccc32)c1F. The van der Waals surface area contributed by atoms with Crippen LogP contribution in [0.4, 0.5) is 23.7 Å². The Morgan fingerprint density at radius 3 is 2.75 bits per heavy atom. The van der Waals surface area contributed by atoms with Gasteiger partial charge in [0.05, 0.1) is 6.54 Å². The quantitative estimate of drug-likeness (QED) is 0.454. The highest BCUT2D eigenvalue weighted by molar-refractivity contribution is 5.70. The van der Waals surface area contributed by atoms with Gasteiger partial charge in [0.1, 0.15) is 11.6 Å². The molecular formula is C20H22F3N3O2. The first-order valence-corrected chi connectivity index (χ1v) is 9.08. The summed E-state index contributed by atoms with van der Waals surface area (Å²) in [6, 6.07) is 6.35. The van der Waals surface area contributed by atoms with E-state index in [9.17, 15) is 18.8 Å². The number of hydrogen-bond acceptors (Lipinski definition) is 3. The van der Waals surface area contributed by atoms with E-state index in [0.29, 0.717) is 35.7 Å². The minimum Gasteiger partial charge on any atom is -0.350 e. The predicted molar refractivity (Wildman–Crippen MR) is 98.6 cm³/mol. The zero-order chi connectivity index (χ0) is 20.4. The van der Waals surface area contributed by atoms with E-state index in [2.05, 4.69) is 0 Å². The maximum atomic E-state index is 15.3. The van der Waals surface area contributed by atoms with Crippen molar-refractivity contribution in [3.63, 3.8) is 0 Å². The summed E-state index contributed by atoms with van der Waals surface area (Å²) in [5.41, 5.74) is 6.76. The average Bonchev–Trinajstić information content (AvgIpc) is 2.67. The molecule has 0 aromatic heterocycles. The van der Waals surface area contributed by atoms with E-state index in [1.807, 2.05) is 0 Å². The van der Waals surface area contributed by atoms with Crippen LogP contribution in [0.25, 0.3) is 0 Å². The molecule has 3 rings (SSSR count). The van der Waals surface area contributed by atoms with Gasteiger partial charge < -0.3 is 10.6 Å². The number of halogens is 3. The van der Waals surface area contributed by atoms with E-state index < -0.39 is 24.0 Å². The van der Waals surface area contributed by atoms with Crippen LogP contribution in [0.5, 0.6) is 0 Å². The smallest absolute Gasteiger partial charge is 0.338 e. The molecule has 0 bridgehead atoms. The lowest BCUT2D eigenvalue weighted by Crippen LogP contribution is -2.33. The van der Waals surface area contributed by atoms with E-state index in [1.54, 1.807) is 25.1 Å². The average molecular weight is 393 g/mol. The number of nitrogens with two attached hydrogens (primary N) is 1. The van der Waals surface area contributed by atoms with Crippen LogP contribution in [-0.2, 0) is 19.4 Å².